The Labute approximate surface area is 148 Å². The Morgan fingerprint density at radius 1 is 0.600 bits per heavy atom. The maximum atomic E-state index is 2.30. The van der Waals surface area contributed by atoms with Crippen LogP contribution in [0.5, 0.6) is 0 Å². The fourth-order valence-corrected chi connectivity index (χ4v) is 4.54. The van der Waals surface area contributed by atoms with Gasteiger partial charge in [0, 0.05) is 5.92 Å². The predicted octanol–water partition coefficient (Wildman–Crippen LogP) is 6.62. The Bertz CT molecular complexity index is 1100. The van der Waals surface area contributed by atoms with Gasteiger partial charge in [0.05, 0.1) is 0 Å². The van der Waals surface area contributed by atoms with Crippen LogP contribution in [0.3, 0.4) is 0 Å². The van der Waals surface area contributed by atoms with E-state index >= 15 is 0 Å². The molecule has 0 spiro atoms. The van der Waals surface area contributed by atoms with Gasteiger partial charge in [-0.25, -0.2) is 0 Å². The van der Waals surface area contributed by atoms with Crippen LogP contribution in [0.2, 0.25) is 0 Å². The average Bonchev–Trinajstić information content (AvgIpc) is 3.02. The molecule has 25 heavy (non-hydrogen) atoms. The molecular formula is C25H20. The maximum Gasteiger partial charge on any atom is 0.0355 e. The number of benzene rings is 4. The van der Waals surface area contributed by atoms with Crippen molar-refractivity contribution in [2.75, 3.05) is 0 Å². The fraction of sp³-hybridized carbons (Fsp3) is 0.120. The quantitative estimate of drug-likeness (QED) is 0.326. The molecule has 5 rings (SSSR count). The SMILES string of the molecule is Cc1c2c(c3ccccc3c1C)-c1ccccc1C2c1ccccc1. The molecule has 4 aromatic carbocycles. The minimum Gasteiger partial charge on any atom is -0.0622 e. The summed E-state index contributed by atoms with van der Waals surface area (Å²) in [4.78, 5) is 0. The highest BCUT2D eigenvalue weighted by Gasteiger charge is 2.33. The van der Waals surface area contributed by atoms with Crippen molar-refractivity contribution < 1.29 is 0 Å². The first-order valence-electron chi connectivity index (χ1n) is 8.93. The summed E-state index contributed by atoms with van der Waals surface area (Å²) in [6.07, 6.45) is 0. The Balaban J connectivity index is 1.97. The molecule has 4 aromatic rings. The summed E-state index contributed by atoms with van der Waals surface area (Å²) in [6.45, 7) is 4.56. The molecule has 0 aromatic heterocycles. The molecule has 0 heterocycles. The molecule has 0 heteroatoms. The molecule has 0 aliphatic heterocycles. The summed E-state index contributed by atoms with van der Waals surface area (Å²) in [6, 6.07) is 28.7. The van der Waals surface area contributed by atoms with E-state index in [4.69, 9.17) is 0 Å². The second-order valence-corrected chi connectivity index (χ2v) is 7.02. The van der Waals surface area contributed by atoms with Crippen molar-refractivity contribution in [3.63, 3.8) is 0 Å². The summed E-state index contributed by atoms with van der Waals surface area (Å²) in [7, 11) is 0. The van der Waals surface area contributed by atoms with E-state index in [0.29, 0.717) is 5.92 Å². The molecule has 0 radical (unpaired) electrons. The topological polar surface area (TPSA) is 0 Å². The Kier molecular flexibility index (Phi) is 3.08. The molecule has 0 bridgehead atoms. The second kappa shape index (κ2) is 5.32. The Hall–Kier alpha value is -2.86. The zero-order valence-corrected chi connectivity index (χ0v) is 14.6. The summed E-state index contributed by atoms with van der Waals surface area (Å²) in [5, 5.41) is 2.76. The molecule has 0 saturated carbocycles. The molecule has 0 N–H and O–H groups in total. The van der Waals surface area contributed by atoms with Crippen molar-refractivity contribution >= 4 is 10.8 Å². The van der Waals surface area contributed by atoms with Crippen LogP contribution >= 0.6 is 0 Å². The van der Waals surface area contributed by atoms with Crippen LogP contribution in [0.15, 0.2) is 78.9 Å². The van der Waals surface area contributed by atoms with Crippen molar-refractivity contribution in [3.05, 3.63) is 107 Å². The van der Waals surface area contributed by atoms with E-state index in [-0.39, 0.29) is 0 Å². The van der Waals surface area contributed by atoms with Crippen molar-refractivity contribution in [3.8, 4) is 11.1 Å². The molecule has 120 valence electrons. The third-order valence-electron chi connectivity index (χ3n) is 5.80. The monoisotopic (exact) mass is 320 g/mol. The lowest BCUT2D eigenvalue weighted by molar-refractivity contribution is 0.997. The van der Waals surface area contributed by atoms with Gasteiger partial charge in [0.2, 0.25) is 0 Å². The third kappa shape index (κ3) is 1.94. The lowest BCUT2D eigenvalue weighted by Crippen LogP contribution is -2.02. The molecular weight excluding hydrogens is 300 g/mol. The Morgan fingerprint density at radius 3 is 2.04 bits per heavy atom. The zero-order valence-electron chi connectivity index (χ0n) is 14.6. The van der Waals surface area contributed by atoms with Gasteiger partial charge in [-0.15, -0.1) is 0 Å². The van der Waals surface area contributed by atoms with Crippen LogP contribution in [0.25, 0.3) is 21.9 Å². The number of hydrogen-bond acceptors (Lipinski definition) is 0. The van der Waals surface area contributed by atoms with E-state index in [1.54, 1.807) is 0 Å². The molecule has 1 aliphatic carbocycles. The lowest BCUT2D eigenvalue weighted by Gasteiger charge is -2.19. The van der Waals surface area contributed by atoms with Gasteiger partial charge in [0.15, 0.2) is 0 Å². The van der Waals surface area contributed by atoms with E-state index in [2.05, 4.69) is 92.7 Å². The van der Waals surface area contributed by atoms with E-state index in [0.717, 1.165) is 0 Å². The van der Waals surface area contributed by atoms with Crippen molar-refractivity contribution in [2.45, 2.75) is 19.8 Å². The Morgan fingerprint density at radius 2 is 1.24 bits per heavy atom. The lowest BCUT2D eigenvalue weighted by atomic mass is 9.84. The van der Waals surface area contributed by atoms with E-state index in [1.165, 1.54) is 49.7 Å². The highest BCUT2D eigenvalue weighted by molar-refractivity contribution is 6.04. The van der Waals surface area contributed by atoms with E-state index in [1.807, 2.05) is 0 Å². The summed E-state index contributed by atoms with van der Waals surface area (Å²) >= 11 is 0. The number of hydrogen-bond donors (Lipinski definition) is 0. The second-order valence-electron chi connectivity index (χ2n) is 7.02. The highest BCUT2D eigenvalue weighted by atomic mass is 14.4. The maximum absolute atomic E-state index is 2.30. The summed E-state index contributed by atoms with van der Waals surface area (Å²) in [5.41, 5.74) is 9.97. The first kappa shape index (κ1) is 14.5. The van der Waals surface area contributed by atoms with Crippen LogP contribution in [0.4, 0.5) is 0 Å². The van der Waals surface area contributed by atoms with Crippen LogP contribution in [0.1, 0.15) is 33.7 Å². The van der Waals surface area contributed by atoms with Crippen molar-refractivity contribution in [1.82, 2.24) is 0 Å². The van der Waals surface area contributed by atoms with Gasteiger partial charge >= 0.3 is 0 Å². The van der Waals surface area contributed by atoms with Gasteiger partial charge in [0.1, 0.15) is 0 Å². The molecule has 1 unspecified atom stereocenters. The van der Waals surface area contributed by atoms with Gasteiger partial charge in [-0.3, -0.25) is 0 Å². The van der Waals surface area contributed by atoms with E-state index < -0.39 is 0 Å². The number of aryl methyl sites for hydroxylation is 1. The fourth-order valence-electron chi connectivity index (χ4n) is 4.54. The minimum atomic E-state index is 0.329. The van der Waals surface area contributed by atoms with Gasteiger partial charge < -0.3 is 0 Å². The predicted molar refractivity (Wildman–Crippen MR) is 106 cm³/mol. The van der Waals surface area contributed by atoms with Crippen LogP contribution in [-0.2, 0) is 0 Å². The van der Waals surface area contributed by atoms with Gasteiger partial charge in [0.25, 0.3) is 0 Å². The minimum absolute atomic E-state index is 0.329. The first-order chi connectivity index (χ1) is 12.3. The summed E-state index contributed by atoms with van der Waals surface area (Å²) < 4.78 is 0. The summed E-state index contributed by atoms with van der Waals surface area (Å²) in [5.74, 6) is 0.329. The molecule has 0 amide bonds. The molecule has 0 saturated heterocycles. The molecule has 0 nitrogen and oxygen atoms in total. The molecule has 0 fully saturated rings. The number of fused-ring (bicyclic) bond motifs is 5. The van der Waals surface area contributed by atoms with Gasteiger partial charge in [-0.1, -0.05) is 78.9 Å². The molecule has 1 aliphatic rings. The van der Waals surface area contributed by atoms with Crippen LogP contribution < -0.4 is 0 Å². The standard InChI is InChI=1S/C25H20/c1-16-17(2)23-24(18-10-4-3-5-11-18)21-14-8-9-15-22(21)25(23)20-13-7-6-12-19(16)20/h3-15,24H,1-2H3. The normalized spacial score (nSPS) is 15.2. The van der Waals surface area contributed by atoms with E-state index in [9.17, 15) is 0 Å². The molecule has 1 atom stereocenters. The highest BCUT2D eigenvalue weighted by Crippen LogP contribution is 2.52. The van der Waals surface area contributed by atoms with Gasteiger partial charge in [-0.2, -0.15) is 0 Å². The number of rotatable bonds is 1. The smallest absolute Gasteiger partial charge is 0.0355 e. The van der Waals surface area contributed by atoms with Gasteiger partial charge in [-0.05, 0) is 63.6 Å². The third-order valence-corrected chi connectivity index (χ3v) is 5.80. The largest absolute Gasteiger partial charge is 0.0622 e. The average molecular weight is 320 g/mol. The van der Waals surface area contributed by atoms with Crippen LogP contribution in [-0.4, -0.2) is 0 Å². The van der Waals surface area contributed by atoms with Crippen molar-refractivity contribution in [2.24, 2.45) is 0 Å². The zero-order chi connectivity index (χ0) is 17.0. The first-order valence-corrected chi connectivity index (χ1v) is 8.93. The van der Waals surface area contributed by atoms with Crippen molar-refractivity contribution in [1.29, 1.82) is 0 Å². The van der Waals surface area contributed by atoms with Crippen LogP contribution in [0, 0.1) is 13.8 Å².